The number of nitrogens with zero attached hydrogens (tertiary/aromatic N) is 1. The van der Waals surface area contributed by atoms with E-state index in [1.54, 1.807) is 0 Å². The summed E-state index contributed by atoms with van der Waals surface area (Å²) in [7, 11) is 0. The third kappa shape index (κ3) is 19.7. The number of carbonyl (C=O) groups excluding carboxylic acids is 1. The number of nitrogens with two attached hydrogens (primary N) is 3. The molecule has 0 aliphatic carbocycles. The van der Waals surface area contributed by atoms with Crippen molar-refractivity contribution in [3.8, 4) is 0 Å². The van der Waals surface area contributed by atoms with Crippen molar-refractivity contribution in [1.29, 1.82) is 0 Å². The highest BCUT2D eigenvalue weighted by Crippen LogP contribution is 1.95. The molecule has 10 nitrogen and oxygen atoms in total. The predicted octanol–water partition coefficient (Wildman–Crippen LogP) is -1.32. The highest BCUT2D eigenvalue weighted by molar-refractivity contribution is 5.73. The zero-order chi connectivity index (χ0) is 20.7. The molecule has 0 saturated heterocycles. The van der Waals surface area contributed by atoms with Crippen LogP contribution in [-0.4, -0.2) is 103 Å². The Balaban J connectivity index is 3.44. The first kappa shape index (κ1) is 27.0. The van der Waals surface area contributed by atoms with Crippen LogP contribution in [0.3, 0.4) is 0 Å². The van der Waals surface area contributed by atoms with Crippen molar-refractivity contribution in [1.82, 2.24) is 15.5 Å². The molecule has 0 aliphatic heterocycles. The maximum atomic E-state index is 11.7. The van der Waals surface area contributed by atoms with Crippen LogP contribution in [0.5, 0.6) is 0 Å². The van der Waals surface area contributed by atoms with E-state index in [4.69, 9.17) is 31.4 Å². The largest absolute Gasteiger partial charge is 0.378 e. The lowest BCUT2D eigenvalue weighted by atomic mass is 10.3. The minimum atomic E-state index is -0.174. The number of hydrogen-bond acceptors (Lipinski definition) is 8. The van der Waals surface area contributed by atoms with E-state index in [1.165, 1.54) is 0 Å². The number of nitrogens with one attached hydrogen (secondary N) is 2. The lowest BCUT2D eigenvalue weighted by molar-refractivity contribution is 0.0168. The monoisotopic (exact) mass is 406 g/mol. The molecule has 0 aromatic heterocycles. The summed E-state index contributed by atoms with van der Waals surface area (Å²) < 4.78 is 15.9. The molecule has 0 bridgehead atoms. The lowest BCUT2D eigenvalue weighted by Crippen LogP contribution is -2.39. The fraction of sp³-hybridized carbons (Fsp3) is 0.944. The van der Waals surface area contributed by atoms with Crippen molar-refractivity contribution < 1.29 is 19.0 Å². The van der Waals surface area contributed by atoms with Gasteiger partial charge in [-0.3, -0.25) is 0 Å². The molecule has 0 spiro atoms. The molecule has 168 valence electrons. The Morgan fingerprint density at radius 2 is 1.14 bits per heavy atom. The average molecular weight is 407 g/mol. The number of carbonyl (C=O) groups is 1. The van der Waals surface area contributed by atoms with Gasteiger partial charge in [0, 0.05) is 19.6 Å². The molecular formula is C18H42N6O4. The summed E-state index contributed by atoms with van der Waals surface area (Å²) in [5, 5.41) is 5.63. The van der Waals surface area contributed by atoms with Crippen molar-refractivity contribution in [3.63, 3.8) is 0 Å². The molecule has 0 rings (SSSR count). The van der Waals surface area contributed by atoms with Crippen LogP contribution < -0.4 is 27.8 Å². The normalized spacial score (nSPS) is 11.1. The molecule has 0 unspecified atom stereocenters. The van der Waals surface area contributed by atoms with Gasteiger partial charge in [-0.25, -0.2) is 4.79 Å². The van der Waals surface area contributed by atoms with Crippen LogP contribution in [0.25, 0.3) is 0 Å². The van der Waals surface area contributed by atoms with E-state index in [9.17, 15) is 4.79 Å². The number of rotatable bonds is 21. The van der Waals surface area contributed by atoms with Crippen molar-refractivity contribution >= 4 is 6.03 Å². The van der Waals surface area contributed by atoms with E-state index in [-0.39, 0.29) is 6.03 Å². The van der Waals surface area contributed by atoms with E-state index in [0.717, 1.165) is 38.9 Å². The summed E-state index contributed by atoms with van der Waals surface area (Å²) in [4.78, 5) is 14.1. The van der Waals surface area contributed by atoms with Gasteiger partial charge < -0.3 is 46.9 Å². The molecular weight excluding hydrogens is 364 g/mol. The van der Waals surface area contributed by atoms with Gasteiger partial charge >= 0.3 is 6.03 Å². The summed E-state index contributed by atoms with van der Waals surface area (Å²) in [5.41, 5.74) is 16.4. The van der Waals surface area contributed by atoms with Crippen LogP contribution in [0.2, 0.25) is 0 Å². The van der Waals surface area contributed by atoms with Gasteiger partial charge in [-0.15, -0.1) is 0 Å². The van der Waals surface area contributed by atoms with Crippen LogP contribution in [0, 0.1) is 0 Å². The molecule has 10 heteroatoms. The van der Waals surface area contributed by atoms with Crippen LogP contribution in [0.1, 0.15) is 19.3 Å². The highest BCUT2D eigenvalue weighted by atomic mass is 16.5. The summed E-state index contributed by atoms with van der Waals surface area (Å²) in [6.07, 6.45) is 2.85. The topological polar surface area (TPSA) is 150 Å². The smallest absolute Gasteiger partial charge is 0.314 e. The van der Waals surface area contributed by atoms with Gasteiger partial charge in [0.2, 0.25) is 0 Å². The van der Waals surface area contributed by atoms with Gasteiger partial charge in [-0.05, 0) is 52.0 Å². The molecule has 28 heavy (non-hydrogen) atoms. The highest BCUT2D eigenvalue weighted by Gasteiger charge is 2.04. The van der Waals surface area contributed by atoms with E-state index < -0.39 is 0 Å². The molecule has 0 heterocycles. The fourth-order valence-electron chi connectivity index (χ4n) is 2.39. The van der Waals surface area contributed by atoms with Crippen molar-refractivity contribution in [2.45, 2.75) is 19.3 Å². The van der Waals surface area contributed by atoms with E-state index in [0.29, 0.717) is 72.4 Å². The number of urea groups is 1. The molecule has 2 amide bonds. The molecule has 0 radical (unpaired) electrons. The fourth-order valence-corrected chi connectivity index (χ4v) is 2.39. The number of amides is 2. The Morgan fingerprint density at radius 3 is 1.71 bits per heavy atom. The molecule has 0 aromatic carbocycles. The Morgan fingerprint density at radius 1 is 0.643 bits per heavy atom. The second-order valence-corrected chi connectivity index (χ2v) is 6.29. The molecule has 8 N–H and O–H groups in total. The van der Waals surface area contributed by atoms with Crippen molar-refractivity contribution in [2.75, 3.05) is 92.0 Å². The Bertz CT molecular complexity index is 331. The first-order valence-electron chi connectivity index (χ1n) is 10.3. The zero-order valence-electron chi connectivity index (χ0n) is 17.3. The summed E-state index contributed by atoms with van der Waals surface area (Å²) in [6.45, 7) is 8.94. The van der Waals surface area contributed by atoms with Gasteiger partial charge in [0.25, 0.3) is 0 Å². The zero-order valence-corrected chi connectivity index (χ0v) is 17.3. The Labute approximate surface area is 169 Å². The van der Waals surface area contributed by atoms with Crippen LogP contribution in [-0.2, 0) is 14.2 Å². The number of hydrogen-bond donors (Lipinski definition) is 5. The van der Waals surface area contributed by atoms with Crippen molar-refractivity contribution in [3.05, 3.63) is 0 Å². The maximum absolute atomic E-state index is 11.7. The van der Waals surface area contributed by atoms with Crippen molar-refractivity contribution in [2.24, 2.45) is 17.2 Å². The van der Waals surface area contributed by atoms with E-state index in [1.807, 2.05) is 0 Å². The summed E-state index contributed by atoms with van der Waals surface area (Å²) in [6, 6.07) is -0.174. The first-order chi connectivity index (χ1) is 13.7. The predicted molar refractivity (Wildman–Crippen MR) is 111 cm³/mol. The third-order valence-corrected chi connectivity index (χ3v) is 3.83. The molecule has 0 aliphatic rings. The second-order valence-electron chi connectivity index (χ2n) is 6.29. The Hall–Kier alpha value is -1.01. The summed E-state index contributed by atoms with van der Waals surface area (Å²) >= 11 is 0. The molecule has 0 fully saturated rings. The molecule has 0 atom stereocenters. The van der Waals surface area contributed by atoms with E-state index >= 15 is 0 Å². The van der Waals surface area contributed by atoms with Crippen LogP contribution in [0.4, 0.5) is 4.79 Å². The quantitative estimate of drug-likeness (QED) is 0.147. The van der Waals surface area contributed by atoms with Gasteiger partial charge in [-0.1, -0.05) is 0 Å². The van der Waals surface area contributed by atoms with Crippen LogP contribution in [0.15, 0.2) is 0 Å². The Kier molecular flexibility index (Phi) is 21.5. The standard InChI is InChI=1S/C18H42N6O4/c19-4-1-9-24(10-2-5-20)11-3-7-22-18(25)23-8-13-27-15-17-28-16-14-26-12-6-21/h1-17,19-21H2,(H2,22,23,25). The lowest BCUT2D eigenvalue weighted by Gasteiger charge is -2.21. The summed E-state index contributed by atoms with van der Waals surface area (Å²) in [5.74, 6) is 0. The van der Waals surface area contributed by atoms with Gasteiger partial charge in [-0.2, -0.15) is 0 Å². The first-order valence-corrected chi connectivity index (χ1v) is 10.3. The molecule has 0 aromatic rings. The second kappa shape index (κ2) is 22.3. The van der Waals surface area contributed by atoms with E-state index in [2.05, 4.69) is 15.5 Å². The van der Waals surface area contributed by atoms with Gasteiger partial charge in [0.15, 0.2) is 0 Å². The van der Waals surface area contributed by atoms with Gasteiger partial charge in [0.05, 0.1) is 39.6 Å². The maximum Gasteiger partial charge on any atom is 0.314 e. The van der Waals surface area contributed by atoms with Crippen LogP contribution >= 0.6 is 0 Å². The van der Waals surface area contributed by atoms with Gasteiger partial charge in [0.1, 0.15) is 0 Å². The third-order valence-electron chi connectivity index (χ3n) is 3.83. The SMILES string of the molecule is NCCCN(CCCN)CCCNC(=O)NCCOCCOCCOCCN. The minimum Gasteiger partial charge on any atom is -0.378 e. The molecule has 0 saturated carbocycles. The minimum absolute atomic E-state index is 0.174. The average Bonchev–Trinajstić information content (AvgIpc) is 2.70. The number of ether oxygens (including phenoxy) is 3.